The fraction of sp³-hybridized carbons (Fsp3) is 0.143. The maximum absolute atomic E-state index is 12.8. The van der Waals surface area contributed by atoms with E-state index in [0.29, 0.717) is 0 Å². The lowest BCUT2D eigenvalue weighted by Gasteiger charge is -2.06. The number of nitro groups is 1. The Labute approximate surface area is 118 Å². The summed E-state index contributed by atoms with van der Waals surface area (Å²) < 4.78 is 13.8. The molecule has 0 atom stereocenters. The van der Waals surface area contributed by atoms with Crippen molar-refractivity contribution >= 4 is 11.5 Å². The summed E-state index contributed by atoms with van der Waals surface area (Å²) in [6.45, 7) is 1.11. The minimum absolute atomic E-state index is 0.228. The molecule has 0 bridgehead atoms. The number of Topliss-reactive ketones (excluding diaryl/α,β-unsaturated/α-hetero) is 1. The molecule has 0 radical (unpaired) electrons. The molecule has 0 saturated heterocycles. The summed E-state index contributed by atoms with van der Waals surface area (Å²) in [5, 5.41) is 10.8. The molecule has 0 fully saturated rings. The minimum Gasteiger partial charge on any atom is -0.301 e. The molecule has 21 heavy (non-hydrogen) atoms. The van der Waals surface area contributed by atoms with Gasteiger partial charge >= 0.3 is 0 Å². The fourth-order valence-electron chi connectivity index (χ4n) is 1.85. The van der Waals surface area contributed by atoms with Gasteiger partial charge in [0.2, 0.25) is 0 Å². The van der Waals surface area contributed by atoms with Crippen LogP contribution in [0.25, 0.3) is 0 Å². The second-order valence-electron chi connectivity index (χ2n) is 4.50. The first-order valence-electron chi connectivity index (χ1n) is 6.02. The molecule has 2 rings (SSSR count). The van der Waals surface area contributed by atoms with Crippen LogP contribution in [-0.4, -0.2) is 15.3 Å². The van der Waals surface area contributed by atoms with Gasteiger partial charge in [-0.15, -0.1) is 0 Å². The molecule has 0 aliphatic carbocycles. The average Bonchev–Trinajstić information content (AvgIpc) is 2.42. The number of aromatic nitrogens is 1. The van der Waals surface area contributed by atoms with Crippen LogP contribution in [-0.2, 0) is 6.54 Å². The topological polar surface area (TPSA) is 82.2 Å². The van der Waals surface area contributed by atoms with Gasteiger partial charge in [-0.25, -0.2) is 4.39 Å². The molecule has 2 aromatic rings. The van der Waals surface area contributed by atoms with E-state index in [1.807, 2.05) is 0 Å². The molecule has 6 nitrogen and oxygen atoms in total. The second-order valence-corrected chi connectivity index (χ2v) is 4.50. The van der Waals surface area contributed by atoms with E-state index in [1.54, 1.807) is 0 Å². The number of ketones is 1. The molecule has 1 aromatic carbocycles. The first kappa shape index (κ1) is 14.6. The van der Waals surface area contributed by atoms with Gasteiger partial charge in [-0.2, -0.15) is 0 Å². The number of benzene rings is 1. The Hall–Kier alpha value is -2.83. The predicted molar refractivity (Wildman–Crippen MR) is 72.8 cm³/mol. The molecule has 108 valence electrons. The standard InChI is InChI=1S/C14H11FN2O4/c1-9-6-14(19)16(7-12(9)17(20)21)8-13(18)10-2-4-11(15)5-3-10/h2-7H,8H2,1H3. The Kier molecular flexibility index (Phi) is 3.93. The summed E-state index contributed by atoms with van der Waals surface area (Å²) in [5.74, 6) is -0.912. The quantitative estimate of drug-likeness (QED) is 0.490. The van der Waals surface area contributed by atoms with E-state index in [0.717, 1.165) is 29.0 Å². The first-order chi connectivity index (χ1) is 9.88. The molecular formula is C14H11FN2O4. The SMILES string of the molecule is Cc1cc(=O)n(CC(=O)c2ccc(F)cc2)cc1[N+](=O)[O-]. The highest BCUT2D eigenvalue weighted by Crippen LogP contribution is 2.14. The first-order valence-corrected chi connectivity index (χ1v) is 6.02. The number of aryl methyl sites for hydroxylation is 1. The summed E-state index contributed by atoms with van der Waals surface area (Å²) in [4.78, 5) is 34.0. The van der Waals surface area contributed by atoms with Gasteiger partial charge in [0.25, 0.3) is 11.2 Å². The Morgan fingerprint density at radius 2 is 1.95 bits per heavy atom. The average molecular weight is 290 g/mol. The van der Waals surface area contributed by atoms with Crippen molar-refractivity contribution < 1.29 is 14.1 Å². The third kappa shape index (κ3) is 3.19. The number of carbonyl (C=O) groups is 1. The van der Waals surface area contributed by atoms with Gasteiger partial charge < -0.3 is 4.57 Å². The van der Waals surface area contributed by atoms with Crippen LogP contribution in [0.15, 0.2) is 41.3 Å². The maximum atomic E-state index is 12.8. The Morgan fingerprint density at radius 3 is 2.52 bits per heavy atom. The van der Waals surface area contributed by atoms with Crippen molar-refractivity contribution in [2.24, 2.45) is 0 Å². The van der Waals surface area contributed by atoms with Crippen molar-refractivity contribution in [3.05, 3.63) is 73.9 Å². The minimum atomic E-state index is -0.617. The van der Waals surface area contributed by atoms with E-state index in [9.17, 15) is 24.1 Å². The van der Waals surface area contributed by atoms with Crippen LogP contribution in [0.2, 0.25) is 0 Å². The number of halogens is 1. The number of pyridine rings is 1. The lowest BCUT2D eigenvalue weighted by atomic mass is 10.1. The van der Waals surface area contributed by atoms with Crippen LogP contribution in [0.3, 0.4) is 0 Å². The third-order valence-corrected chi connectivity index (χ3v) is 2.98. The van der Waals surface area contributed by atoms with E-state index in [-0.39, 0.29) is 23.4 Å². The largest absolute Gasteiger partial charge is 0.301 e. The van der Waals surface area contributed by atoms with Crippen LogP contribution in [0.4, 0.5) is 10.1 Å². The van der Waals surface area contributed by atoms with Crippen LogP contribution in [0.5, 0.6) is 0 Å². The van der Waals surface area contributed by atoms with Crippen LogP contribution >= 0.6 is 0 Å². The Morgan fingerprint density at radius 1 is 1.33 bits per heavy atom. The van der Waals surface area contributed by atoms with Crippen molar-refractivity contribution in [2.45, 2.75) is 13.5 Å². The van der Waals surface area contributed by atoms with E-state index >= 15 is 0 Å². The van der Waals surface area contributed by atoms with Gasteiger partial charge in [-0.3, -0.25) is 19.7 Å². The van der Waals surface area contributed by atoms with Crippen molar-refractivity contribution in [3.63, 3.8) is 0 Å². The van der Waals surface area contributed by atoms with Crippen molar-refractivity contribution in [3.8, 4) is 0 Å². The summed E-state index contributed by atoms with van der Waals surface area (Å²) in [6.07, 6.45) is 1.04. The smallest absolute Gasteiger partial charge is 0.288 e. The molecule has 0 amide bonds. The van der Waals surface area contributed by atoms with Crippen LogP contribution < -0.4 is 5.56 Å². The molecule has 0 aliphatic heterocycles. The molecule has 0 saturated carbocycles. The Bertz CT molecular complexity index is 766. The zero-order chi connectivity index (χ0) is 15.6. The molecule has 0 N–H and O–H groups in total. The van der Waals surface area contributed by atoms with Crippen molar-refractivity contribution in [1.29, 1.82) is 0 Å². The molecule has 1 aromatic heterocycles. The van der Waals surface area contributed by atoms with E-state index in [4.69, 9.17) is 0 Å². The monoisotopic (exact) mass is 290 g/mol. The van der Waals surface area contributed by atoms with Gasteiger partial charge in [0, 0.05) is 17.2 Å². The number of rotatable bonds is 4. The van der Waals surface area contributed by atoms with Gasteiger partial charge in [0.05, 0.1) is 17.7 Å². The number of hydrogen-bond donors (Lipinski definition) is 0. The van der Waals surface area contributed by atoms with Gasteiger partial charge in [-0.1, -0.05) is 0 Å². The third-order valence-electron chi connectivity index (χ3n) is 2.98. The van der Waals surface area contributed by atoms with Gasteiger partial charge in [-0.05, 0) is 31.2 Å². The van der Waals surface area contributed by atoms with Crippen molar-refractivity contribution in [2.75, 3.05) is 0 Å². The summed E-state index contributed by atoms with van der Waals surface area (Å²) in [6, 6.07) is 5.97. The molecule has 0 aliphatic rings. The second kappa shape index (κ2) is 5.66. The number of nitrogens with zero attached hydrogens (tertiary/aromatic N) is 2. The lowest BCUT2D eigenvalue weighted by Crippen LogP contribution is -2.24. The summed E-state index contributed by atoms with van der Waals surface area (Å²) >= 11 is 0. The highest BCUT2D eigenvalue weighted by Gasteiger charge is 2.15. The molecule has 7 heteroatoms. The summed E-state index contributed by atoms with van der Waals surface area (Å²) in [7, 11) is 0. The maximum Gasteiger partial charge on any atom is 0.288 e. The zero-order valence-corrected chi connectivity index (χ0v) is 11.1. The highest BCUT2D eigenvalue weighted by atomic mass is 19.1. The molecule has 0 unspecified atom stereocenters. The molecular weight excluding hydrogens is 279 g/mol. The predicted octanol–water partition coefficient (Wildman–Crippen LogP) is 2.09. The van der Waals surface area contributed by atoms with Crippen molar-refractivity contribution in [1.82, 2.24) is 4.57 Å². The Balaban J connectivity index is 2.33. The summed E-state index contributed by atoms with van der Waals surface area (Å²) in [5.41, 5.74) is -0.280. The van der Waals surface area contributed by atoms with Gasteiger partial charge in [0.15, 0.2) is 5.78 Å². The van der Waals surface area contributed by atoms with E-state index < -0.39 is 22.1 Å². The fourth-order valence-corrected chi connectivity index (χ4v) is 1.85. The normalized spacial score (nSPS) is 10.4. The van der Waals surface area contributed by atoms with Gasteiger partial charge in [0.1, 0.15) is 5.82 Å². The van der Waals surface area contributed by atoms with Crippen LogP contribution in [0.1, 0.15) is 15.9 Å². The number of hydrogen-bond acceptors (Lipinski definition) is 4. The van der Waals surface area contributed by atoms with Crippen LogP contribution in [0, 0.1) is 22.9 Å². The van der Waals surface area contributed by atoms with E-state index in [1.165, 1.54) is 19.1 Å². The lowest BCUT2D eigenvalue weighted by molar-refractivity contribution is -0.385. The highest BCUT2D eigenvalue weighted by molar-refractivity contribution is 5.95. The molecule has 1 heterocycles. The van der Waals surface area contributed by atoms with E-state index in [2.05, 4.69) is 0 Å². The number of carbonyl (C=O) groups excluding carboxylic acids is 1. The molecule has 0 spiro atoms. The zero-order valence-electron chi connectivity index (χ0n) is 11.1.